The summed E-state index contributed by atoms with van der Waals surface area (Å²) in [6, 6.07) is 8.41. The van der Waals surface area contributed by atoms with E-state index in [-0.39, 0.29) is 18.3 Å². The molecule has 5 nitrogen and oxygen atoms in total. The predicted octanol–water partition coefficient (Wildman–Crippen LogP) is 2.45. The molecule has 2 rings (SSSR count). The first-order chi connectivity index (χ1) is 11.7. The van der Waals surface area contributed by atoms with Crippen molar-refractivity contribution in [1.29, 1.82) is 0 Å². The maximum Gasteiger partial charge on any atom is 0.221 e. The van der Waals surface area contributed by atoms with Crippen molar-refractivity contribution < 1.29 is 9.53 Å². The molecule has 140 valence electrons. The van der Waals surface area contributed by atoms with Crippen molar-refractivity contribution in [2.45, 2.75) is 31.7 Å². The fraction of sp³-hybridized carbons (Fsp3) is 0.526. The van der Waals surface area contributed by atoms with Gasteiger partial charge in [0.15, 0.2) is 0 Å². The zero-order valence-electron chi connectivity index (χ0n) is 14.9. The third kappa shape index (κ3) is 7.06. The van der Waals surface area contributed by atoms with Crippen LogP contribution in [0.25, 0.3) is 6.08 Å². The van der Waals surface area contributed by atoms with Crippen LogP contribution in [0.4, 0.5) is 0 Å². The van der Waals surface area contributed by atoms with Gasteiger partial charge in [-0.05, 0) is 25.5 Å². The number of carbonyl (C=O) groups is 1. The van der Waals surface area contributed by atoms with Gasteiger partial charge in [-0.3, -0.25) is 9.69 Å². The Labute approximate surface area is 157 Å². The molecule has 1 aliphatic rings. The minimum absolute atomic E-state index is 0. The highest BCUT2D eigenvalue weighted by molar-refractivity contribution is 5.85. The number of rotatable bonds is 8. The summed E-state index contributed by atoms with van der Waals surface area (Å²) >= 11 is 0. The van der Waals surface area contributed by atoms with Gasteiger partial charge in [-0.2, -0.15) is 0 Å². The van der Waals surface area contributed by atoms with E-state index in [0.717, 1.165) is 30.8 Å². The summed E-state index contributed by atoms with van der Waals surface area (Å²) in [7, 11) is 1.69. The number of hydrogen-bond donors (Lipinski definition) is 2. The number of nitrogens with two attached hydrogens (primary N) is 1. The van der Waals surface area contributed by atoms with Crippen molar-refractivity contribution in [3.8, 4) is 5.75 Å². The summed E-state index contributed by atoms with van der Waals surface area (Å²) < 4.78 is 5.37. The van der Waals surface area contributed by atoms with Crippen LogP contribution in [0.2, 0.25) is 0 Å². The van der Waals surface area contributed by atoms with Crippen LogP contribution >= 0.6 is 12.4 Å². The standard InChI is InChI=1S/C19H29N3O2.ClH/c1-24-18-10-3-2-7-16(18)8-6-14-22-13-5-4-9-17(22)15-21-19(23)11-12-20;/h2-3,6-8,10,17H,4-5,9,11-15,20H2,1H3,(H,21,23);1H/b8-6+;. The topological polar surface area (TPSA) is 67.6 Å². The summed E-state index contributed by atoms with van der Waals surface area (Å²) in [6.45, 7) is 3.08. The van der Waals surface area contributed by atoms with Gasteiger partial charge in [0, 0.05) is 37.7 Å². The Balaban J connectivity index is 0.00000312. The predicted molar refractivity (Wildman–Crippen MR) is 105 cm³/mol. The SMILES string of the molecule is COc1ccccc1/C=C/CN1CCCCC1CNC(=O)CCN.Cl. The Hall–Kier alpha value is -1.56. The summed E-state index contributed by atoms with van der Waals surface area (Å²) in [4.78, 5) is 14.1. The van der Waals surface area contributed by atoms with Crippen LogP contribution in [-0.2, 0) is 4.79 Å². The molecule has 1 atom stereocenters. The molecule has 0 saturated carbocycles. The average molecular weight is 368 g/mol. The minimum Gasteiger partial charge on any atom is -0.496 e. The number of likely N-dealkylation sites (tertiary alicyclic amines) is 1. The number of para-hydroxylation sites is 1. The van der Waals surface area contributed by atoms with Crippen LogP contribution in [0.5, 0.6) is 5.75 Å². The van der Waals surface area contributed by atoms with Gasteiger partial charge in [-0.25, -0.2) is 0 Å². The number of hydrogen-bond acceptors (Lipinski definition) is 4. The van der Waals surface area contributed by atoms with Gasteiger partial charge < -0.3 is 15.8 Å². The molecule has 1 aromatic rings. The van der Waals surface area contributed by atoms with Crippen LogP contribution in [0.3, 0.4) is 0 Å². The van der Waals surface area contributed by atoms with Gasteiger partial charge >= 0.3 is 0 Å². The van der Waals surface area contributed by atoms with E-state index in [1.54, 1.807) is 7.11 Å². The van der Waals surface area contributed by atoms with Gasteiger partial charge in [-0.15, -0.1) is 12.4 Å². The monoisotopic (exact) mass is 367 g/mol. The van der Waals surface area contributed by atoms with Crippen molar-refractivity contribution in [2.24, 2.45) is 5.73 Å². The second-order valence-electron chi connectivity index (χ2n) is 6.13. The Kier molecular flexibility index (Phi) is 10.2. The zero-order valence-corrected chi connectivity index (χ0v) is 15.8. The van der Waals surface area contributed by atoms with E-state index in [4.69, 9.17) is 10.5 Å². The third-order valence-corrected chi connectivity index (χ3v) is 4.43. The van der Waals surface area contributed by atoms with Crippen molar-refractivity contribution in [3.05, 3.63) is 35.9 Å². The highest BCUT2D eigenvalue weighted by Gasteiger charge is 2.21. The van der Waals surface area contributed by atoms with E-state index in [9.17, 15) is 4.79 Å². The molecule has 3 N–H and O–H groups in total. The fourth-order valence-electron chi connectivity index (χ4n) is 3.10. The molecule has 1 saturated heterocycles. The molecule has 1 unspecified atom stereocenters. The molecular weight excluding hydrogens is 338 g/mol. The number of methoxy groups -OCH3 is 1. The Morgan fingerprint density at radius 1 is 1.40 bits per heavy atom. The first kappa shape index (κ1) is 21.5. The number of carbonyl (C=O) groups excluding carboxylic acids is 1. The maximum absolute atomic E-state index is 11.6. The second-order valence-corrected chi connectivity index (χ2v) is 6.13. The molecule has 1 aromatic carbocycles. The molecule has 0 aromatic heterocycles. The number of piperidine rings is 1. The fourth-order valence-corrected chi connectivity index (χ4v) is 3.10. The van der Waals surface area contributed by atoms with Crippen LogP contribution in [0.15, 0.2) is 30.3 Å². The van der Waals surface area contributed by atoms with E-state index in [1.165, 1.54) is 12.8 Å². The minimum atomic E-state index is 0. The molecule has 0 aliphatic carbocycles. The lowest BCUT2D eigenvalue weighted by Crippen LogP contribution is -2.46. The molecule has 0 radical (unpaired) electrons. The molecule has 0 bridgehead atoms. The molecule has 0 spiro atoms. The molecule has 1 fully saturated rings. The third-order valence-electron chi connectivity index (χ3n) is 4.43. The number of nitrogens with one attached hydrogen (secondary N) is 1. The molecule has 25 heavy (non-hydrogen) atoms. The second kappa shape index (κ2) is 11.9. The number of nitrogens with zero attached hydrogens (tertiary/aromatic N) is 1. The Morgan fingerprint density at radius 3 is 2.96 bits per heavy atom. The Morgan fingerprint density at radius 2 is 2.20 bits per heavy atom. The smallest absolute Gasteiger partial charge is 0.221 e. The highest BCUT2D eigenvalue weighted by Crippen LogP contribution is 2.20. The van der Waals surface area contributed by atoms with Gasteiger partial charge in [0.05, 0.1) is 7.11 Å². The van der Waals surface area contributed by atoms with Crippen molar-refractivity contribution >= 4 is 24.4 Å². The van der Waals surface area contributed by atoms with E-state index < -0.39 is 0 Å². The normalized spacial score (nSPS) is 17.9. The molecule has 1 amide bonds. The summed E-state index contributed by atoms with van der Waals surface area (Å²) in [6.07, 6.45) is 8.26. The number of halogens is 1. The lowest BCUT2D eigenvalue weighted by Gasteiger charge is -2.35. The van der Waals surface area contributed by atoms with Crippen LogP contribution < -0.4 is 15.8 Å². The molecular formula is C19H30ClN3O2. The van der Waals surface area contributed by atoms with Crippen molar-refractivity contribution in [3.63, 3.8) is 0 Å². The summed E-state index contributed by atoms with van der Waals surface area (Å²) in [5.41, 5.74) is 6.51. The lowest BCUT2D eigenvalue weighted by molar-refractivity contribution is -0.121. The highest BCUT2D eigenvalue weighted by atomic mass is 35.5. The van der Waals surface area contributed by atoms with Crippen LogP contribution in [0, 0.1) is 0 Å². The molecule has 1 heterocycles. The van der Waals surface area contributed by atoms with Gasteiger partial charge in [0.2, 0.25) is 5.91 Å². The first-order valence-electron chi connectivity index (χ1n) is 8.75. The number of amides is 1. The zero-order chi connectivity index (χ0) is 17.2. The Bertz CT molecular complexity index is 551. The maximum atomic E-state index is 11.6. The van der Waals surface area contributed by atoms with Crippen LogP contribution in [0.1, 0.15) is 31.2 Å². The van der Waals surface area contributed by atoms with Crippen molar-refractivity contribution in [2.75, 3.05) is 33.3 Å². The molecule has 1 aliphatic heterocycles. The average Bonchev–Trinajstić information content (AvgIpc) is 2.61. The van der Waals surface area contributed by atoms with E-state index >= 15 is 0 Å². The summed E-state index contributed by atoms with van der Waals surface area (Å²) in [5, 5.41) is 3.00. The van der Waals surface area contributed by atoms with E-state index in [0.29, 0.717) is 25.6 Å². The largest absolute Gasteiger partial charge is 0.496 e. The number of benzene rings is 1. The van der Waals surface area contributed by atoms with Gasteiger partial charge in [-0.1, -0.05) is 36.8 Å². The van der Waals surface area contributed by atoms with E-state index in [2.05, 4.69) is 28.4 Å². The molecule has 6 heteroatoms. The number of ether oxygens (including phenoxy) is 1. The first-order valence-corrected chi connectivity index (χ1v) is 8.75. The lowest BCUT2D eigenvalue weighted by atomic mass is 10.0. The summed E-state index contributed by atoms with van der Waals surface area (Å²) in [5.74, 6) is 0.936. The van der Waals surface area contributed by atoms with Gasteiger partial charge in [0.25, 0.3) is 0 Å². The van der Waals surface area contributed by atoms with Crippen LogP contribution in [-0.4, -0.2) is 50.1 Å². The quantitative estimate of drug-likeness (QED) is 0.740. The van der Waals surface area contributed by atoms with Gasteiger partial charge in [0.1, 0.15) is 5.75 Å². The van der Waals surface area contributed by atoms with E-state index in [1.807, 2.05) is 18.2 Å². The van der Waals surface area contributed by atoms with Crippen molar-refractivity contribution in [1.82, 2.24) is 10.2 Å².